The summed E-state index contributed by atoms with van der Waals surface area (Å²) >= 11 is 3.44. The molecule has 18 heavy (non-hydrogen) atoms. The van der Waals surface area contributed by atoms with Crippen LogP contribution in [0, 0.1) is 11.3 Å². The average molecular weight is 307 g/mol. The molecule has 1 aromatic carbocycles. The van der Waals surface area contributed by atoms with E-state index in [-0.39, 0.29) is 0 Å². The van der Waals surface area contributed by atoms with Crippen molar-refractivity contribution in [2.45, 2.75) is 51.0 Å². The van der Waals surface area contributed by atoms with Crippen molar-refractivity contribution in [1.82, 2.24) is 0 Å². The third-order valence-corrected chi connectivity index (χ3v) is 4.22. The summed E-state index contributed by atoms with van der Waals surface area (Å²) in [5.41, 5.74) is 1.81. The molecule has 0 amide bonds. The number of nitriles is 1. The van der Waals surface area contributed by atoms with Crippen molar-refractivity contribution in [2.24, 2.45) is 0 Å². The number of halogens is 1. The maximum Gasteiger partial charge on any atom is 0.100 e. The molecule has 0 unspecified atom stereocenters. The van der Waals surface area contributed by atoms with Crippen molar-refractivity contribution in [2.75, 3.05) is 5.32 Å². The second-order valence-corrected chi connectivity index (χ2v) is 5.85. The van der Waals surface area contributed by atoms with E-state index in [0.29, 0.717) is 11.6 Å². The predicted molar refractivity (Wildman–Crippen MR) is 78.6 cm³/mol. The summed E-state index contributed by atoms with van der Waals surface area (Å²) in [6.45, 7) is 0. The maximum absolute atomic E-state index is 8.90. The zero-order valence-corrected chi connectivity index (χ0v) is 12.2. The van der Waals surface area contributed by atoms with Gasteiger partial charge in [-0.3, -0.25) is 0 Å². The third kappa shape index (κ3) is 3.74. The minimum absolute atomic E-state index is 0.588. The minimum atomic E-state index is 0.588. The second kappa shape index (κ2) is 6.80. The van der Waals surface area contributed by atoms with Crippen LogP contribution in [0.5, 0.6) is 0 Å². The fourth-order valence-corrected chi connectivity index (χ4v) is 3.00. The number of rotatable bonds is 2. The highest BCUT2D eigenvalue weighted by Crippen LogP contribution is 2.24. The Balaban J connectivity index is 1.99. The third-order valence-electron chi connectivity index (χ3n) is 3.57. The Morgan fingerprint density at radius 2 is 1.78 bits per heavy atom. The molecule has 96 valence electrons. The lowest BCUT2D eigenvalue weighted by atomic mass is 9.96. The second-order valence-electron chi connectivity index (χ2n) is 4.99. The molecular formula is C15H19BrN2. The normalized spacial score (nSPS) is 17.6. The number of anilines is 1. The van der Waals surface area contributed by atoms with Crippen LogP contribution < -0.4 is 5.32 Å². The summed E-state index contributed by atoms with van der Waals surface area (Å²) in [5.74, 6) is 0. The van der Waals surface area contributed by atoms with Crippen LogP contribution >= 0.6 is 15.9 Å². The lowest BCUT2D eigenvalue weighted by Gasteiger charge is -2.22. The minimum Gasteiger partial charge on any atom is -0.382 e. The van der Waals surface area contributed by atoms with Crippen LogP contribution in [-0.2, 0) is 0 Å². The first kappa shape index (κ1) is 13.4. The molecule has 1 aliphatic rings. The largest absolute Gasteiger partial charge is 0.382 e. The van der Waals surface area contributed by atoms with Gasteiger partial charge in [-0.25, -0.2) is 0 Å². The van der Waals surface area contributed by atoms with Crippen molar-refractivity contribution in [3.05, 3.63) is 28.2 Å². The van der Waals surface area contributed by atoms with Crippen LogP contribution in [0.3, 0.4) is 0 Å². The molecule has 1 fully saturated rings. The van der Waals surface area contributed by atoms with Crippen molar-refractivity contribution < 1.29 is 0 Å². The van der Waals surface area contributed by atoms with E-state index in [1.165, 1.54) is 44.9 Å². The van der Waals surface area contributed by atoms with E-state index in [1.54, 1.807) is 0 Å². The Morgan fingerprint density at radius 3 is 2.39 bits per heavy atom. The van der Waals surface area contributed by atoms with Gasteiger partial charge in [-0.05, 0) is 47.0 Å². The zero-order valence-electron chi connectivity index (χ0n) is 10.6. The van der Waals surface area contributed by atoms with Gasteiger partial charge in [-0.15, -0.1) is 0 Å². The fraction of sp³-hybridized carbons (Fsp3) is 0.533. The molecule has 3 heteroatoms. The highest BCUT2D eigenvalue weighted by Gasteiger charge is 2.11. The predicted octanol–water partition coefficient (Wildman–Crippen LogP) is 4.85. The number of hydrogen-bond acceptors (Lipinski definition) is 2. The van der Waals surface area contributed by atoms with Crippen LogP contribution in [0.25, 0.3) is 0 Å². The van der Waals surface area contributed by atoms with Gasteiger partial charge in [0.15, 0.2) is 0 Å². The van der Waals surface area contributed by atoms with Gasteiger partial charge in [0, 0.05) is 16.2 Å². The molecule has 0 aromatic heterocycles. The average Bonchev–Trinajstić information content (AvgIpc) is 2.33. The Hall–Kier alpha value is -1.01. The quantitative estimate of drug-likeness (QED) is 0.848. The van der Waals surface area contributed by atoms with E-state index < -0.39 is 0 Å². The molecular weight excluding hydrogens is 288 g/mol. The van der Waals surface area contributed by atoms with E-state index in [0.717, 1.165) is 10.2 Å². The van der Waals surface area contributed by atoms with Crippen LogP contribution in [0.1, 0.15) is 50.5 Å². The first-order valence-corrected chi connectivity index (χ1v) is 7.55. The summed E-state index contributed by atoms with van der Waals surface area (Å²) < 4.78 is 0.876. The van der Waals surface area contributed by atoms with Crippen molar-refractivity contribution in [3.8, 4) is 6.07 Å². The van der Waals surface area contributed by atoms with E-state index in [2.05, 4.69) is 27.3 Å². The molecule has 2 nitrogen and oxygen atoms in total. The van der Waals surface area contributed by atoms with Crippen LogP contribution in [-0.4, -0.2) is 6.04 Å². The zero-order chi connectivity index (χ0) is 12.8. The van der Waals surface area contributed by atoms with Crippen LogP contribution in [0.15, 0.2) is 22.7 Å². The number of nitrogens with zero attached hydrogens (tertiary/aromatic N) is 1. The van der Waals surface area contributed by atoms with Gasteiger partial charge in [0.25, 0.3) is 0 Å². The highest BCUT2D eigenvalue weighted by atomic mass is 79.9. The lowest BCUT2D eigenvalue weighted by molar-refractivity contribution is 0.471. The van der Waals surface area contributed by atoms with Crippen molar-refractivity contribution in [1.29, 1.82) is 5.26 Å². The monoisotopic (exact) mass is 306 g/mol. The number of nitrogens with one attached hydrogen (secondary N) is 1. The fourth-order valence-electron chi connectivity index (χ4n) is 2.53. The van der Waals surface area contributed by atoms with E-state index in [1.807, 2.05) is 18.2 Å². The Kier molecular flexibility index (Phi) is 5.07. The summed E-state index contributed by atoms with van der Waals surface area (Å²) in [5, 5.41) is 12.5. The smallest absolute Gasteiger partial charge is 0.100 e. The standard InChI is InChI=1S/C15H19BrN2/c16-15-10-14(9-8-12(15)11-17)18-13-6-4-2-1-3-5-7-13/h8-10,13,18H,1-7H2. The molecule has 0 atom stereocenters. The molecule has 0 bridgehead atoms. The van der Waals surface area contributed by atoms with E-state index >= 15 is 0 Å². The molecule has 0 aliphatic heterocycles. The van der Waals surface area contributed by atoms with Gasteiger partial charge in [0.1, 0.15) is 6.07 Å². The summed E-state index contributed by atoms with van der Waals surface area (Å²) in [7, 11) is 0. The Bertz CT molecular complexity index is 429. The molecule has 1 saturated carbocycles. The van der Waals surface area contributed by atoms with E-state index in [9.17, 15) is 0 Å². The molecule has 1 N–H and O–H groups in total. The van der Waals surface area contributed by atoms with Crippen molar-refractivity contribution >= 4 is 21.6 Å². The molecule has 1 aliphatic carbocycles. The van der Waals surface area contributed by atoms with Crippen molar-refractivity contribution in [3.63, 3.8) is 0 Å². The summed E-state index contributed by atoms with van der Waals surface area (Å²) in [6.07, 6.45) is 9.32. The van der Waals surface area contributed by atoms with Gasteiger partial charge >= 0.3 is 0 Å². The van der Waals surface area contributed by atoms with E-state index in [4.69, 9.17) is 5.26 Å². The first-order chi connectivity index (χ1) is 8.79. The highest BCUT2D eigenvalue weighted by molar-refractivity contribution is 9.10. The summed E-state index contributed by atoms with van der Waals surface area (Å²) in [4.78, 5) is 0. The summed E-state index contributed by atoms with van der Waals surface area (Å²) in [6, 6.07) is 8.64. The Labute approximate surface area is 118 Å². The first-order valence-electron chi connectivity index (χ1n) is 6.76. The molecule has 1 aromatic rings. The molecule has 0 saturated heterocycles. The van der Waals surface area contributed by atoms with Crippen LogP contribution in [0.2, 0.25) is 0 Å². The van der Waals surface area contributed by atoms with Gasteiger partial charge in [0.05, 0.1) is 5.56 Å². The maximum atomic E-state index is 8.90. The van der Waals surface area contributed by atoms with Gasteiger partial charge in [0.2, 0.25) is 0 Å². The molecule has 0 heterocycles. The SMILES string of the molecule is N#Cc1ccc(NC2CCCCCCC2)cc1Br. The number of hydrogen-bond donors (Lipinski definition) is 1. The molecule has 0 spiro atoms. The van der Waals surface area contributed by atoms with Gasteiger partial charge < -0.3 is 5.32 Å². The van der Waals surface area contributed by atoms with Gasteiger partial charge in [-0.1, -0.05) is 32.1 Å². The molecule has 2 rings (SSSR count). The lowest BCUT2D eigenvalue weighted by Crippen LogP contribution is -2.20. The topological polar surface area (TPSA) is 35.8 Å². The van der Waals surface area contributed by atoms with Gasteiger partial charge in [-0.2, -0.15) is 5.26 Å². The van der Waals surface area contributed by atoms with Crippen LogP contribution in [0.4, 0.5) is 5.69 Å². The number of benzene rings is 1. The molecule has 0 radical (unpaired) electrons. The Morgan fingerprint density at radius 1 is 1.11 bits per heavy atom.